The number of benzene rings is 3. The van der Waals surface area contributed by atoms with Gasteiger partial charge in [0.2, 0.25) is 0 Å². The fraction of sp³-hybridized carbons (Fsp3) is 0.136. The molecule has 0 spiro atoms. The number of carbonyl (C=O) groups is 1. The maximum atomic E-state index is 12.7. The van der Waals surface area contributed by atoms with Gasteiger partial charge in [-0.3, -0.25) is 25.0 Å². The first-order valence-electron chi connectivity index (χ1n) is 9.33. The highest BCUT2D eigenvalue weighted by molar-refractivity contribution is 6.09. The predicted octanol–water partition coefficient (Wildman–Crippen LogP) is 4.30. The first-order valence-corrected chi connectivity index (χ1v) is 9.33. The van der Waals surface area contributed by atoms with Gasteiger partial charge < -0.3 is 4.90 Å². The van der Waals surface area contributed by atoms with Gasteiger partial charge in [-0.25, -0.2) is 0 Å². The van der Waals surface area contributed by atoms with Crippen LogP contribution in [0.1, 0.15) is 27.0 Å². The number of nitrogens with zero attached hydrogens (tertiary/aromatic N) is 3. The molecule has 0 saturated heterocycles. The maximum absolute atomic E-state index is 12.7. The molecule has 1 aliphatic heterocycles. The SMILES string of the molecule is O=C(c1ccc([N+](=O)[O-])cc1)c1ccc(N2CCc3ccccc3C2)c([N+](=O)[O-])c1. The smallest absolute Gasteiger partial charge is 0.293 e. The summed E-state index contributed by atoms with van der Waals surface area (Å²) in [7, 11) is 0. The molecule has 0 bridgehead atoms. The van der Waals surface area contributed by atoms with Gasteiger partial charge in [-0.15, -0.1) is 0 Å². The third-order valence-corrected chi connectivity index (χ3v) is 5.25. The van der Waals surface area contributed by atoms with E-state index < -0.39 is 15.6 Å². The van der Waals surface area contributed by atoms with Crippen LogP contribution in [0, 0.1) is 20.2 Å². The Hall–Kier alpha value is -4.07. The van der Waals surface area contributed by atoms with E-state index in [0.717, 1.165) is 12.0 Å². The molecule has 1 heterocycles. The van der Waals surface area contributed by atoms with Gasteiger partial charge in [-0.05, 0) is 41.8 Å². The Kier molecular flexibility index (Phi) is 4.97. The van der Waals surface area contributed by atoms with E-state index in [1.165, 1.54) is 35.9 Å². The summed E-state index contributed by atoms with van der Waals surface area (Å²) >= 11 is 0. The van der Waals surface area contributed by atoms with Gasteiger partial charge in [0.15, 0.2) is 5.78 Å². The van der Waals surface area contributed by atoms with E-state index in [-0.39, 0.29) is 22.5 Å². The number of fused-ring (bicyclic) bond motifs is 1. The molecule has 0 amide bonds. The lowest BCUT2D eigenvalue weighted by Gasteiger charge is -2.30. The normalized spacial score (nSPS) is 12.9. The molecular weight excluding hydrogens is 386 g/mol. The Labute approximate surface area is 171 Å². The van der Waals surface area contributed by atoms with Gasteiger partial charge in [0.05, 0.1) is 9.85 Å². The number of nitro groups is 2. The quantitative estimate of drug-likeness (QED) is 0.357. The first kappa shape index (κ1) is 19.3. The molecule has 150 valence electrons. The van der Waals surface area contributed by atoms with Crippen molar-refractivity contribution in [2.24, 2.45) is 0 Å². The van der Waals surface area contributed by atoms with E-state index in [0.29, 0.717) is 18.8 Å². The molecule has 3 aromatic rings. The molecule has 8 heteroatoms. The number of nitro benzene ring substituents is 2. The summed E-state index contributed by atoms with van der Waals surface area (Å²) in [5, 5.41) is 22.5. The lowest BCUT2D eigenvalue weighted by molar-refractivity contribution is -0.384. The summed E-state index contributed by atoms with van der Waals surface area (Å²) in [4.78, 5) is 36.2. The second-order valence-corrected chi connectivity index (χ2v) is 7.03. The Morgan fingerprint density at radius 3 is 2.17 bits per heavy atom. The Balaban J connectivity index is 1.65. The molecule has 0 fully saturated rings. The van der Waals surface area contributed by atoms with Gasteiger partial charge in [0.25, 0.3) is 11.4 Å². The average Bonchev–Trinajstić information content (AvgIpc) is 2.78. The Bertz CT molecular complexity index is 1160. The highest BCUT2D eigenvalue weighted by Crippen LogP contribution is 2.33. The zero-order valence-corrected chi connectivity index (χ0v) is 15.9. The van der Waals surface area contributed by atoms with Crippen LogP contribution in [0.15, 0.2) is 66.7 Å². The molecule has 0 saturated carbocycles. The van der Waals surface area contributed by atoms with Crippen molar-refractivity contribution in [2.45, 2.75) is 13.0 Å². The van der Waals surface area contributed by atoms with Crippen LogP contribution in [-0.4, -0.2) is 22.2 Å². The largest absolute Gasteiger partial charge is 0.361 e. The van der Waals surface area contributed by atoms with Crippen LogP contribution in [0.3, 0.4) is 0 Å². The van der Waals surface area contributed by atoms with Crippen molar-refractivity contribution in [2.75, 3.05) is 11.4 Å². The number of ketones is 1. The number of hydrogen-bond acceptors (Lipinski definition) is 6. The van der Waals surface area contributed by atoms with E-state index in [1.807, 2.05) is 23.1 Å². The number of hydrogen-bond donors (Lipinski definition) is 0. The number of rotatable bonds is 5. The third-order valence-electron chi connectivity index (χ3n) is 5.25. The van der Waals surface area contributed by atoms with Crippen LogP contribution in [-0.2, 0) is 13.0 Å². The first-order chi connectivity index (χ1) is 14.4. The standard InChI is InChI=1S/C22H17N3O5/c26-22(16-5-8-19(9-6-16)24(27)28)17-7-10-20(21(13-17)25(29)30)23-12-11-15-3-1-2-4-18(15)14-23/h1-10,13H,11-12,14H2. The maximum Gasteiger partial charge on any atom is 0.293 e. The summed E-state index contributed by atoms with van der Waals surface area (Å²) in [5.41, 5.74) is 2.96. The number of carbonyl (C=O) groups excluding carboxylic acids is 1. The molecule has 4 rings (SSSR count). The summed E-state index contributed by atoms with van der Waals surface area (Å²) in [6, 6.07) is 17.6. The molecule has 0 N–H and O–H groups in total. The monoisotopic (exact) mass is 403 g/mol. The third kappa shape index (κ3) is 3.62. The topological polar surface area (TPSA) is 107 Å². The summed E-state index contributed by atoms with van der Waals surface area (Å²) in [6.45, 7) is 1.21. The van der Waals surface area contributed by atoms with Crippen molar-refractivity contribution in [1.82, 2.24) is 0 Å². The second-order valence-electron chi connectivity index (χ2n) is 7.03. The molecule has 30 heavy (non-hydrogen) atoms. The number of non-ortho nitro benzene ring substituents is 1. The molecule has 0 aromatic heterocycles. The van der Waals surface area contributed by atoms with Crippen LogP contribution in [0.5, 0.6) is 0 Å². The zero-order chi connectivity index (χ0) is 21.3. The van der Waals surface area contributed by atoms with Crippen LogP contribution in [0.2, 0.25) is 0 Å². The zero-order valence-electron chi connectivity index (χ0n) is 15.9. The summed E-state index contributed by atoms with van der Waals surface area (Å²) in [6.07, 6.45) is 0.788. The van der Waals surface area contributed by atoms with Crippen molar-refractivity contribution in [3.63, 3.8) is 0 Å². The molecule has 0 atom stereocenters. The molecule has 3 aromatic carbocycles. The fourth-order valence-corrected chi connectivity index (χ4v) is 3.68. The summed E-state index contributed by atoms with van der Waals surface area (Å²) < 4.78 is 0. The Morgan fingerprint density at radius 1 is 0.833 bits per heavy atom. The van der Waals surface area contributed by atoms with Crippen LogP contribution < -0.4 is 4.90 Å². The van der Waals surface area contributed by atoms with Crippen molar-refractivity contribution in [1.29, 1.82) is 0 Å². The molecule has 0 unspecified atom stereocenters. The van der Waals surface area contributed by atoms with E-state index in [1.54, 1.807) is 12.1 Å². The van der Waals surface area contributed by atoms with E-state index in [9.17, 15) is 25.0 Å². The summed E-state index contributed by atoms with van der Waals surface area (Å²) in [5.74, 6) is -0.427. The van der Waals surface area contributed by atoms with Crippen LogP contribution in [0.4, 0.5) is 17.1 Å². The lowest BCUT2D eigenvalue weighted by Crippen LogP contribution is -2.30. The highest BCUT2D eigenvalue weighted by atomic mass is 16.6. The van der Waals surface area contributed by atoms with Crippen molar-refractivity contribution >= 4 is 22.8 Å². The van der Waals surface area contributed by atoms with E-state index in [2.05, 4.69) is 6.07 Å². The fourth-order valence-electron chi connectivity index (χ4n) is 3.68. The van der Waals surface area contributed by atoms with Gasteiger partial charge in [0, 0.05) is 42.4 Å². The second kappa shape index (κ2) is 7.75. The van der Waals surface area contributed by atoms with Gasteiger partial charge in [-0.2, -0.15) is 0 Å². The van der Waals surface area contributed by atoms with Crippen LogP contribution >= 0.6 is 0 Å². The average molecular weight is 403 g/mol. The van der Waals surface area contributed by atoms with Gasteiger partial charge in [-0.1, -0.05) is 24.3 Å². The Morgan fingerprint density at radius 2 is 1.50 bits per heavy atom. The van der Waals surface area contributed by atoms with E-state index in [4.69, 9.17) is 0 Å². The van der Waals surface area contributed by atoms with Gasteiger partial charge in [0.1, 0.15) is 5.69 Å². The lowest BCUT2D eigenvalue weighted by atomic mass is 9.98. The minimum atomic E-state index is -0.551. The molecule has 0 aliphatic carbocycles. The molecule has 1 aliphatic rings. The number of anilines is 1. The van der Waals surface area contributed by atoms with Crippen molar-refractivity contribution < 1.29 is 14.6 Å². The van der Waals surface area contributed by atoms with E-state index >= 15 is 0 Å². The molecule has 0 radical (unpaired) electrons. The van der Waals surface area contributed by atoms with Gasteiger partial charge >= 0.3 is 0 Å². The van der Waals surface area contributed by atoms with Crippen molar-refractivity contribution in [3.05, 3.63) is 109 Å². The predicted molar refractivity (Wildman–Crippen MR) is 111 cm³/mol. The minimum absolute atomic E-state index is 0.127. The van der Waals surface area contributed by atoms with Crippen molar-refractivity contribution in [3.8, 4) is 0 Å². The highest BCUT2D eigenvalue weighted by Gasteiger charge is 2.25. The molecule has 8 nitrogen and oxygen atoms in total. The minimum Gasteiger partial charge on any atom is -0.361 e. The molecular formula is C22H17N3O5. The van der Waals surface area contributed by atoms with Crippen LogP contribution in [0.25, 0.3) is 0 Å².